The standard InChI is InChI=1S/C24H16BrF3N2O2/c25-19(13-16-7-2-1-3-8-16)15-30-20-11-4-5-12-29(20)22(31)21(23(30)32)17-9-6-10-18(14-17)24(26,27)28/h1-14H,15H2/b19-13-. The molecule has 0 spiro atoms. The lowest BCUT2D eigenvalue weighted by Crippen LogP contribution is -2.44. The molecular weight excluding hydrogens is 485 g/mol. The summed E-state index contributed by atoms with van der Waals surface area (Å²) >= 11 is 3.47. The lowest BCUT2D eigenvalue weighted by Gasteiger charge is -2.17. The number of fused-ring (bicyclic) bond motifs is 1. The maximum absolute atomic E-state index is 13.4. The zero-order valence-corrected chi connectivity index (χ0v) is 18.1. The Morgan fingerprint density at radius 1 is 1.03 bits per heavy atom. The molecule has 0 fully saturated rings. The van der Waals surface area contributed by atoms with Crippen LogP contribution in [-0.2, 0) is 12.7 Å². The molecule has 2 aromatic heterocycles. The van der Waals surface area contributed by atoms with Crippen molar-refractivity contribution in [2.24, 2.45) is 0 Å². The van der Waals surface area contributed by atoms with Crippen molar-refractivity contribution in [3.05, 3.63) is 105 Å². The van der Waals surface area contributed by atoms with Crippen molar-refractivity contribution >= 4 is 27.7 Å². The highest BCUT2D eigenvalue weighted by molar-refractivity contribution is 9.11. The third kappa shape index (κ3) is 4.31. The van der Waals surface area contributed by atoms with E-state index < -0.39 is 23.2 Å². The SMILES string of the molecule is O=c1c(-c2cccc(C(F)(F)F)c2)c([O-])[n+](C/C(Br)=C/c2ccccc2)c2ccccn12. The van der Waals surface area contributed by atoms with Crippen LogP contribution in [0.5, 0.6) is 5.88 Å². The van der Waals surface area contributed by atoms with E-state index in [1.165, 1.54) is 27.3 Å². The van der Waals surface area contributed by atoms with Gasteiger partial charge in [0.15, 0.2) is 0 Å². The number of halogens is 4. The van der Waals surface area contributed by atoms with Crippen LogP contribution in [0.25, 0.3) is 22.9 Å². The van der Waals surface area contributed by atoms with Gasteiger partial charge in [0.1, 0.15) is 12.1 Å². The van der Waals surface area contributed by atoms with E-state index in [1.54, 1.807) is 18.2 Å². The Morgan fingerprint density at radius 2 is 1.75 bits per heavy atom. The van der Waals surface area contributed by atoms with E-state index in [4.69, 9.17) is 0 Å². The van der Waals surface area contributed by atoms with Gasteiger partial charge in [0.05, 0.1) is 17.6 Å². The number of hydrogen-bond donors (Lipinski definition) is 0. The summed E-state index contributed by atoms with van der Waals surface area (Å²) in [6, 6.07) is 18.6. The predicted molar refractivity (Wildman–Crippen MR) is 117 cm³/mol. The molecule has 2 aromatic carbocycles. The molecular formula is C24H16BrF3N2O2. The number of benzene rings is 2. The Bertz CT molecular complexity index is 1380. The van der Waals surface area contributed by atoms with E-state index in [-0.39, 0.29) is 17.7 Å². The van der Waals surface area contributed by atoms with Crippen molar-refractivity contribution in [3.8, 4) is 17.0 Å². The van der Waals surface area contributed by atoms with Gasteiger partial charge in [-0.1, -0.05) is 64.5 Å². The summed E-state index contributed by atoms with van der Waals surface area (Å²) in [7, 11) is 0. The van der Waals surface area contributed by atoms with E-state index in [0.717, 1.165) is 17.7 Å². The first-order valence-electron chi connectivity index (χ1n) is 9.58. The fourth-order valence-electron chi connectivity index (χ4n) is 3.45. The van der Waals surface area contributed by atoms with Gasteiger partial charge in [0.2, 0.25) is 0 Å². The van der Waals surface area contributed by atoms with E-state index in [0.29, 0.717) is 10.1 Å². The lowest BCUT2D eigenvalue weighted by molar-refractivity contribution is -0.707. The Kier molecular flexibility index (Phi) is 5.88. The van der Waals surface area contributed by atoms with Crippen molar-refractivity contribution in [1.29, 1.82) is 0 Å². The monoisotopic (exact) mass is 500 g/mol. The smallest absolute Gasteiger partial charge is 0.416 e. The second-order valence-electron chi connectivity index (χ2n) is 7.08. The molecule has 0 amide bonds. The van der Waals surface area contributed by atoms with Crippen LogP contribution < -0.4 is 15.2 Å². The Labute approximate surface area is 189 Å². The maximum atomic E-state index is 13.4. The minimum atomic E-state index is -4.59. The lowest BCUT2D eigenvalue weighted by atomic mass is 10.0. The molecule has 32 heavy (non-hydrogen) atoms. The van der Waals surface area contributed by atoms with Crippen molar-refractivity contribution in [3.63, 3.8) is 0 Å². The Balaban J connectivity index is 1.91. The molecule has 0 radical (unpaired) electrons. The molecule has 162 valence electrons. The molecule has 0 aliphatic rings. The second-order valence-corrected chi connectivity index (χ2v) is 8.10. The average Bonchev–Trinajstić information content (AvgIpc) is 2.77. The minimum absolute atomic E-state index is 0.0787. The number of rotatable bonds is 4. The summed E-state index contributed by atoms with van der Waals surface area (Å²) in [6.45, 7) is 0.0908. The van der Waals surface area contributed by atoms with Gasteiger partial charge in [-0.05, 0) is 35.4 Å². The molecule has 0 saturated carbocycles. The predicted octanol–water partition coefficient (Wildman–Crippen LogP) is 4.78. The Hall–Kier alpha value is -3.39. The quantitative estimate of drug-likeness (QED) is 0.378. The van der Waals surface area contributed by atoms with Gasteiger partial charge >= 0.3 is 11.7 Å². The summed E-state index contributed by atoms with van der Waals surface area (Å²) in [5, 5.41) is 13.4. The summed E-state index contributed by atoms with van der Waals surface area (Å²) < 4.78 is 42.9. The van der Waals surface area contributed by atoms with Crippen LogP contribution in [-0.4, -0.2) is 4.40 Å². The van der Waals surface area contributed by atoms with Crippen LogP contribution in [0.3, 0.4) is 0 Å². The van der Waals surface area contributed by atoms with Gasteiger partial charge in [0.25, 0.3) is 5.65 Å². The number of nitrogens with zero attached hydrogens (tertiary/aromatic N) is 2. The minimum Gasteiger partial charge on any atom is -0.842 e. The zero-order chi connectivity index (χ0) is 22.9. The molecule has 2 heterocycles. The fourth-order valence-corrected chi connectivity index (χ4v) is 3.97. The average molecular weight is 501 g/mol. The first-order valence-corrected chi connectivity index (χ1v) is 10.4. The number of aromatic nitrogens is 2. The number of hydrogen-bond acceptors (Lipinski definition) is 2. The van der Waals surface area contributed by atoms with E-state index in [2.05, 4.69) is 15.9 Å². The fraction of sp³-hybridized carbons (Fsp3) is 0.0833. The zero-order valence-electron chi connectivity index (χ0n) is 16.5. The molecule has 0 bridgehead atoms. The van der Waals surface area contributed by atoms with Gasteiger partial charge in [-0.25, -0.2) is 9.36 Å². The summed E-state index contributed by atoms with van der Waals surface area (Å²) in [4.78, 5) is 13.1. The van der Waals surface area contributed by atoms with Gasteiger partial charge in [-0.2, -0.15) is 17.6 Å². The van der Waals surface area contributed by atoms with Crippen LogP contribution in [0, 0.1) is 0 Å². The molecule has 0 unspecified atom stereocenters. The molecule has 0 saturated heterocycles. The van der Waals surface area contributed by atoms with Gasteiger partial charge in [-0.15, -0.1) is 0 Å². The molecule has 0 aliphatic heterocycles. The van der Waals surface area contributed by atoms with Crippen LogP contribution in [0.1, 0.15) is 11.1 Å². The van der Waals surface area contributed by atoms with Crippen molar-refractivity contribution < 1.29 is 22.8 Å². The largest absolute Gasteiger partial charge is 0.842 e. The molecule has 4 rings (SSSR count). The molecule has 0 atom stereocenters. The van der Waals surface area contributed by atoms with E-state index in [9.17, 15) is 23.1 Å². The summed E-state index contributed by atoms with van der Waals surface area (Å²) in [5.41, 5.74) is -0.766. The van der Waals surface area contributed by atoms with Crippen molar-refractivity contribution in [1.82, 2.24) is 4.40 Å². The summed E-state index contributed by atoms with van der Waals surface area (Å²) in [5.74, 6) is -0.668. The number of alkyl halides is 3. The van der Waals surface area contributed by atoms with E-state index in [1.807, 2.05) is 36.4 Å². The van der Waals surface area contributed by atoms with Crippen LogP contribution in [0.4, 0.5) is 13.2 Å². The number of allylic oxidation sites excluding steroid dienone is 1. The van der Waals surface area contributed by atoms with Crippen LogP contribution >= 0.6 is 15.9 Å². The van der Waals surface area contributed by atoms with Gasteiger partial charge in [-0.3, -0.25) is 0 Å². The number of pyridine rings is 1. The van der Waals surface area contributed by atoms with Crippen molar-refractivity contribution in [2.75, 3.05) is 0 Å². The first kappa shape index (κ1) is 21.8. The Morgan fingerprint density at radius 3 is 2.47 bits per heavy atom. The topological polar surface area (TPSA) is 48.4 Å². The van der Waals surface area contributed by atoms with Gasteiger partial charge in [0, 0.05) is 10.5 Å². The highest BCUT2D eigenvalue weighted by Gasteiger charge is 2.31. The molecule has 0 aliphatic carbocycles. The van der Waals surface area contributed by atoms with E-state index >= 15 is 0 Å². The highest BCUT2D eigenvalue weighted by Crippen LogP contribution is 2.32. The summed E-state index contributed by atoms with van der Waals surface area (Å²) in [6.07, 6.45) is -1.27. The molecule has 8 heteroatoms. The van der Waals surface area contributed by atoms with Crippen LogP contribution in [0.2, 0.25) is 0 Å². The maximum Gasteiger partial charge on any atom is 0.416 e. The normalized spacial score (nSPS) is 12.3. The van der Waals surface area contributed by atoms with Gasteiger partial charge < -0.3 is 5.11 Å². The molecule has 0 N–H and O–H groups in total. The molecule has 4 nitrogen and oxygen atoms in total. The third-order valence-corrected chi connectivity index (χ3v) is 5.40. The molecule has 4 aromatic rings. The first-order chi connectivity index (χ1) is 15.3. The van der Waals surface area contributed by atoms with Crippen molar-refractivity contribution in [2.45, 2.75) is 12.7 Å². The highest BCUT2D eigenvalue weighted by atomic mass is 79.9. The second kappa shape index (κ2) is 8.63. The third-order valence-electron chi connectivity index (χ3n) is 4.92. The van der Waals surface area contributed by atoms with Crippen LogP contribution in [0.15, 0.2) is 88.3 Å².